The van der Waals surface area contributed by atoms with E-state index < -0.39 is 0 Å². The highest BCUT2D eigenvalue weighted by Gasteiger charge is 2.21. The largest absolute Gasteiger partial charge is 0.303 e. The van der Waals surface area contributed by atoms with E-state index in [1.54, 1.807) is 0 Å². The molecule has 0 aromatic rings. The number of nitrogens with one attached hydrogen (secondary N) is 1. The lowest BCUT2D eigenvalue weighted by atomic mass is 9.88. The smallest absolute Gasteiger partial charge is 0.233 e. The summed E-state index contributed by atoms with van der Waals surface area (Å²) in [5.74, 6) is 6.67. The lowest BCUT2D eigenvalue weighted by molar-refractivity contribution is -0.121. The van der Waals surface area contributed by atoms with Crippen molar-refractivity contribution in [2.45, 2.75) is 46.0 Å². The summed E-state index contributed by atoms with van der Waals surface area (Å²) in [7, 11) is 0. The molecule has 0 aromatic heterocycles. The highest BCUT2D eigenvalue weighted by molar-refractivity contribution is 5.74. The van der Waals surface area contributed by atoms with Crippen molar-refractivity contribution >= 4 is 5.91 Å². The van der Waals surface area contributed by atoms with Gasteiger partial charge in [-0.1, -0.05) is 20.3 Å². The van der Waals surface area contributed by atoms with Gasteiger partial charge in [0.2, 0.25) is 5.91 Å². The number of nitrogens with zero attached hydrogens (tertiary/aromatic N) is 1. The van der Waals surface area contributed by atoms with Gasteiger partial charge in [0.25, 0.3) is 0 Å². The molecular weight excluding hydrogens is 214 g/mol. The van der Waals surface area contributed by atoms with Crippen LogP contribution in [-0.2, 0) is 4.79 Å². The van der Waals surface area contributed by atoms with Gasteiger partial charge in [-0.25, -0.2) is 5.84 Å². The van der Waals surface area contributed by atoms with Crippen LogP contribution >= 0.6 is 0 Å². The fourth-order valence-electron chi connectivity index (χ4n) is 2.42. The number of rotatable bonds is 6. The van der Waals surface area contributed by atoms with E-state index in [1.807, 2.05) is 0 Å². The molecule has 1 saturated heterocycles. The number of hydrazine groups is 1. The third-order valence-corrected chi connectivity index (χ3v) is 3.96. The van der Waals surface area contributed by atoms with Crippen molar-refractivity contribution < 1.29 is 4.79 Å². The summed E-state index contributed by atoms with van der Waals surface area (Å²) >= 11 is 0. The molecule has 0 aromatic carbocycles. The molecule has 100 valence electrons. The lowest BCUT2D eigenvalue weighted by Gasteiger charge is -2.35. The minimum absolute atomic E-state index is 0.0505. The molecular formula is C13H27N3O. The molecule has 17 heavy (non-hydrogen) atoms. The van der Waals surface area contributed by atoms with Gasteiger partial charge >= 0.3 is 0 Å². The molecule has 0 aliphatic carbocycles. The average Bonchev–Trinajstić information content (AvgIpc) is 2.33. The van der Waals surface area contributed by atoms with E-state index in [2.05, 4.69) is 24.2 Å². The lowest BCUT2D eigenvalue weighted by Crippen LogP contribution is -2.38. The van der Waals surface area contributed by atoms with Crippen LogP contribution < -0.4 is 11.3 Å². The third-order valence-electron chi connectivity index (χ3n) is 3.96. The van der Waals surface area contributed by atoms with Crippen LogP contribution in [0.15, 0.2) is 0 Å². The first-order valence-electron chi connectivity index (χ1n) is 6.85. The van der Waals surface area contributed by atoms with Gasteiger partial charge < -0.3 is 4.90 Å². The Hall–Kier alpha value is -0.610. The number of hydrogen-bond acceptors (Lipinski definition) is 3. The molecule has 2 atom stereocenters. The number of carbonyl (C=O) groups excluding carboxylic acids is 1. The van der Waals surface area contributed by atoms with Crippen LogP contribution in [0.3, 0.4) is 0 Å². The van der Waals surface area contributed by atoms with Crippen molar-refractivity contribution in [3.63, 3.8) is 0 Å². The second kappa shape index (κ2) is 7.67. The van der Waals surface area contributed by atoms with Crippen LogP contribution in [0.1, 0.15) is 46.0 Å². The summed E-state index contributed by atoms with van der Waals surface area (Å²) in [6, 6.07) is 0. The summed E-state index contributed by atoms with van der Waals surface area (Å²) in [5.41, 5.74) is 2.17. The Morgan fingerprint density at radius 3 is 2.71 bits per heavy atom. The Labute approximate surface area is 105 Å². The predicted molar refractivity (Wildman–Crippen MR) is 70.2 cm³/mol. The Balaban J connectivity index is 2.01. The minimum atomic E-state index is -0.0505. The molecule has 0 bridgehead atoms. The number of amides is 1. The van der Waals surface area contributed by atoms with E-state index in [-0.39, 0.29) is 5.91 Å². The number of likely N-dealkylation sites (tertiary alicyclic amines) is 1. The van der Waals surface area contributed by atoms with Gasteiger partial charge in [-0.2, -0.15) is 0 Å². The SMILES string of the molecule is CC1CCN(CCCCCC(=O)NN)CC1C. The Morgan fingerprint density at radius 1 is 1.29 bits per heavy atom. The van der Waals surface area contributed by atoms with Crippen LogP contribution in [0.4, 0.5) is 0 Å². The van der Waals surface area contributed by atoms with Crippen LogP contribution in [0.5, 0.6) is 0 Å². The molecule has 1 rings (SSSR count). The van der Waals surface area contributed by atoms with Gasteiger partial charge in [-0.05, 0) is 44.2 Å². The Bertz CT molecular complexity index is 233. The Morgan fingerprint density at radius 2 is 2.06 bits per heavy atom. The third kappa shape index (κ3) is 5.50. The van der Waals surface area contributed by atoms with Crippen LogP contribution in [0.25, 0.3) is 0 Å². The molecule has 1 aliphatic rings. The first-order valence-corrected chi connectivity index (χ1v) is 6.85. The van der Waals surface area contributed by atoms with Crippen LogP contribution in [-0.4, -0.2) is 30.4 Å². The van der Waals surface area contributed by atoms with Crippen molar-refractivity contribution in [1.29, 1.82) is 0 Å². The number of nitrogens with two attached hydrogens (primary N) is 1. The zero-order chi connectivity index (χ0) is 12.7. The molecule has 3 N–H and O–H groups in total. The first kappa shape index (κ1) is 14.5. The summed E-state index contributed by atoms with van der Waals surface area (Å²) in [5, 5.41) is 0. The molecule has 4 nitrogen and oxygen atoms in total. The van der Waals surface area contributed by atoms with E-state index in [4.69, 9.17) is 5.84 Å². The molecule has 2 unspecified atom stereocenters. The maximum atomic E-state index is 10.9. The van der Waals surface area contributed by atoms with E-state index >= 15 is 0 Å². The maximum Gasteiger partial charge on any atom is 0.233 e. The van der Waals surface area contributed by atoms with Crippen molar-refractivity contribution in [3.8, 4) is 0 Å². The van der Waals surface area contributed by atoms with E-state index in [0.717, 1.165) is 24.7 Å². The minimum Gasteiger partial charge on any atom is -0.303 e. The summed E-state index contributed by atoms with van der Waals surface area (Å²) < 4.78 is 0. The van der Waals surface area contributed by atoms with Crippen LogP contribution in [0, 0.1) is 11.8 Å². The van der Waals surface area contributed by atoms with E-state index in [1.165, 1.54) is 32.5 Å². The van der Waals surface area contributed by atoms with Crippen molar-refractivity contribution in [2.24, 2.45) is 17.7 Å². The number of hydrogen-bond donors (Lipinski definition) is 2. The molecule has 1 heterocycles. The van der Waals surface area contributed by atoms with Gasteiger partial charge in [0.15, 0.2) is 0 Å². The fourth-order valence-corrected chi connectivity index (χ4v) is 2.42. The second-order valence-corrected chi connectivity index (χ2v) is 5.42. The zero-order valence-electron chi connectivity index (χ0n) is 11.2. The molecule has 0 radical (unpaired) electrons. The second-order valence-electron chi connectivity index (χ2n) is 5.42. The predicted octanol–water partition coefficient (Wildman–Crippen LogP) is 1.51. The van der Waals surface area contributed by atoms with E-state index in [0.29, 0.717) is 6.42 Å². The fraction of sp³-hybridized carbons (Fsp3) is 0.923. The standard InChI is InChI=1S/C13H27N3O/c1-11-7-9-16(10-12(11)2)8-5-3-4-6-13(17)15-14/h11-12H,3-10,14H2,1-2H3,(H,15,17). The molecule has 0 spiro atoms. The summed E-state index contributed by atoms with van der Waals surface area (Å²) in [6.07, 6.45) is 5.15. The average molecular weight is 241 g/mol. The highest BCUT2D eigenvalue weighted by atomic mass is 16.2. The molecule has 1 aliphatic heterocycles. The molecule has 4 heteroatoms. The normalized spacial score (nSPS) is 25.8. The summed E-state index contributed by atoms with van der Waals surface area (Å²) in [4.78, 5) is 13.5. The van der Waals surface area contributed by atoms with Crippen molar-refractivity contribution in [1.82, 2.24) is 10.3 Å². The van der Waals surface area contributed by atoms with Gasteiger partial charge in [0, 0.05) is 13.0 Å². The monoisotopic (exact) mass is 241 g/mol. The van der Waals surface area contributed by atoms with Crippen molar-refractivity contribution in [3.05, 3.63) is 0 Å². The maximum absolute atomic E-state index is 10.9. The quantitative estimate of drug-likeness (QED) is 0.321. The van der Waals surface area contributed by atoms with Gasteiger partial charge in [0.1, 0.15) is 0 Å². The number of unbranched alkanes of at least 4 members (excludes halogenated alkanes) is 2. The van der Waals surface area contributed by atoms with Gasteiger partial charge in [-0.3, -0.25) is 10.2 Å². The molecule has 1 amide bonds. The number of piperidine rings is 1. The van der Waals surface area contributed by atoms with E-state index in [9.17, 15) is 4.79 Å². The number of carbonyl (C=O) groups is 1. The molecule has 0 saturated carbocycles. The Kier molecular flexibility index (Phi) is 6.52. The van der Waals surface area contributed by atoms with Gasteiger partial charge in [-0.15, -0.1) is 0 Å². The van der Waals surface area contributed by atoms with Gasteiger partial charge in [0.05, 0.1) is 0 Å². The topological polar surface area (TPSA) is 58.4 Å². The first-order chi connectivity index (χ1) is 8.13. The molecule has 1 fully saturated rings. The summed E-state index contributed by atoms with van der Waals surface area (Å²) in [6.45, 7) is 8.37. The van der Waals surface area contributed by atoms with Crippen LogP contribution in [0.2, 0.25) is 0 Å². The zero-order valence-corrected chi connectivity index (χ0v) is 11.2. The highest BCUT2D eigenvalue weighted by Crippen LogP contribution is 2.22. The van der Waals surface area contributed by atoms with Crippen molar-refractivity contribution in [2.75, 3.05) is 19.6 Å².